The van der Waals surface area contributed by atoms with Crippen LogP contribution in [0.3, 0.4) is 0 Å². The zero-order valence-corrected chi connectivity index (χ0v) is 8.86. The third kappa shape index (κ3) is 2.63. The summed E-state index contributed by atoms with van der Waals surface area (Å²) in [7, 11) is 1.81. The lowest BCUT2D eigenvalue weighted by molar-refractivity contribution is 0.138. The number of nitrogen functional groups attached to an aromatic ring is 1. The first-order valence-corrected chi connectivity index (χ1v) is 4.71. The van der Waals surface area contributed by atoms with Crippen molar-refractivity contribution in [1.29, 1.82) is 0 Å². The zero-order valence-electron chi connectivity index (χ0n) is 8.86. The topological polar surface area (TPSA) is 76.1 Å². The van der Waals surface area contributed by atoms with E-state index in [0.29, 0.717) is 18.1 Å². The molecule has 1 unspecified atom stereocenters. The fraction of sp³-hybridized carbons (Fsp3) is 0.667. The fourth-order valence-corrected chi connectivity index (χ4v) is 1.08. The average molecular weight is 198 g/mol. The molecule has 80 valence electrons. The summed E-state index contributed by atoms with van der Waals surface area (Å²) in [5, 5.41) is 16.7. The quantitative estimate of drug-likeness (QED) is 0.656. The molecular weight excluding hydrogens is 180 g/mol. The molecule has 0 radical (unpaired) electrons. The maximum atomic E-state index is 9.55. The second-order valence-electron chi connectivity index (χ2n) is 3.80. The van der Waals surface area contributed by atoms with Crippen molar-refractivity contribution in [2.45, 2.75) is 20.0 Å². The van der Waals surface area contributed by atoms with Crippen molar-refractivity contribution in [1.82, 2.24) is 9.78 Å². The molecular formula is C9H18N4O. The van der Waals surface area contributed by atoms with Gasteiger partial charge in [0, 0.05) is 19.8 Å². The number of nitrogens with zero attached hydrogens (tertiary/aromatic N) is 2. The Labute approximate surface area is 83.9 Å². The molecule has 4 N–H and O–H groups in total. The number of aromatic nitrogens is 2. The van der Waals surface area contributed by atoms with Gasteiger partial charge in [0.1, 0.15) is 0 Å². The van der Waals surface area contributed by atoms with E-state index in [1.165, 1.54) is 0 Å². The largest absolute Gasteiger partial charge is 0.394 e. The SMILES string of the molecule is CC(C)C(O)CNc1nn(C)cc1N. The van der Waals surface area contributed by atoms with Gasteiger partial charge in [0.25, 0.3) is 0 Å². The second-order valence-corrected chi connectivity index (χ2v) is 3.80. The lowest BCUT2D eigenvalue weighted by Gasteiger charge is -2.14. The Bertz CT molecular complexity index is 295. The van der Waals surface area contributed by atoms with Gasteiger partial charge >= 0.3 is 0 Å². The number of anilines is 2. The van der Waals surface area contributed by atoms with Crippen molar-refractivity contribution < 1.29 is 5.11 Å². The Kier molecular flexibility index (Phi) is 3.35. The number of rotatable bonds is 4. The number of aliphatic hydroxyl groups is 1. The van der Waals surface area contributed by atoms with Gasteiger partial charge in [0.15, 0.2) is 5.82 Å². The highest BCUT2D eigenvalue weighted by Gasteiger charge is 2.10. The van der Waals surface area contributed by atoms with Crippen LogP contribution in [0.4, 0.5) is 11.5 Å². The summed E-state index contributed by atoms with van der Waals surface area (Å²) in [4.78, 5) is 0. The van der Waals surface area contributed by atoms with E-state index < -0.39 is 0 Å². The molecule has 14 heavy (non-hydrogen) atoms. The number of hydrogen-bond acceptors (Lipinski definition) is 4. The number of aliphatic hydroxyl groups excluding tert-OH is 1. The van der Waals surface area contributed by atoms with Gasteiger partial charge < -0.3 is 16.2 Å². The first-order chi connectivity index (χ1) is 6.50. The molecule has 0 saturated heterocycles. The summed E-state index contributed by atoms with van der Waals surface area (Å²) < 4.78 is 1.64. The molecule has 1 atom stereocenters. The molecule has 0 aromatic carbocycles. The summed E-state index contributed by atoms with van der Waals surface area (Å²) >= 11 is 0. The molecule has 0 saturated carbocycles. The minimum atomic E-state index is -0.378. The molecule has 0 aliphatic rings. The highest BCUT2D eigenvalue weighted by Crippen LogP contribution is 2.14. The van der Waals surface area contributed by atoms with E-state index >= 15 is 0 Å². The standard InChI is InChI=1S/C9H18N4O/c1-6(2)8(14)4-11-9-7(10)5-13(3)12-9/h5-6,8,14H,4,10H2,1-3H3,(H,11,12). The molecule has 5 heteroatoms. The van der Waals surface area contributed by atoms with Crippen LogP contribution in [-0.4, -0.2) is 27.5 Å². The summed E-state index contributed by atoms with van der Waals surface area (Å²) in [6.07, 6.45) is 1.35. The minimum Gasteiger partial charge on any atom is -0.394 e. The molecule has 1 aromatic rings. The van der Waals surface area contributed by atoms with Crippen molar-refractivity contribution >= 4 is 11.5 Å². The zero-order chi connectivity index (χ0) is 10.7. The van der Waals surface area contributed by atoms with E-state index in [1.807, 2.05) is 13.8 Å². The lowest BCUT2D eigenvalue weighted by atomic mass is 10.1. The molecule has 0 fully saturated rings. The Balaban J connectivity index is 2.49. The van der Waals surface area contributed by atoms with Crippen LogP contribution in [0.25, 0.3) is 0 Å². The Morgan fingerprint density at radius 3 is 2.71 bits per heavy atom. The molecule has 0 spiro atoms. The van der Waals surface area contributed by atoms with Crippen molar-refractivity contribution in [3.8, 4) is 0 Å². The van der Waals surface area contributed by atoms with Gasteiger partial charge in [-0.05, 0) is 5.92 Å². The van der Waals surface area contributed by atoms with Crippen LogP contribution in [0, 0.1) is 5.92 Å². The van der Waals surface area contributed by atoms with Crippen LogP contribution >= 0.6 is 0 Å². The van der Waals surface area contributed by atoms with Gasteiger partial charge in [-0.1, -0.05) is 13.8 Å². The smallest absolute Gasteiger partial charge is 0.171 e. The molecule has 1 rings (SSSR count). The highest BCUT2D eigenvalue weighted by atomic mass is 16.3. The van der Waals surface area contributed by atoms with Crippen molar-refractivity contribution in [3.05, 3.63) is 6.20 Å². The van der Waals surface area contributed by atoms with Gasteiger partial charge in [-0.2, -0.15) is 5.10 Å². The number of aryl methyl sites for hydroxylation is 1. The number of hydrogen-bond donors (Lipinski definition) is 3. The predicted octanol–water partition coefficient (Wildman–Crippen LogP) is 0.431. The highest BCUT2D eigenvalue weighted by molar-refractivity contribution is 5.59. The predicted molar refractivity (Wildman–Crippen MR) is 57.0 cm³/mol. The van der Waals surface area contributed by atoms with E-state index in [-0.39, 0.29) is 12.0 Å². The molecule has 5 nitrogen and oxygen atoms in total. The molecule has 1 heterocycles. The first-order valence-electron chi connectivity index (χ1n) is 4.71. The van der Waals surface area contributed by atoms with Gasteiger partial charge in [0.2, 0.25) is 0 Å². The summed E-state index contributed by atoms with van der Waals surface area (Å²) in [6.45, 7) is 4.40. The van der Waals surface area contributed by atoms with E-state index in [2.05, 4.69) is 10.4 Å². The Morgan fingerprint density at radius 1 is 1.64 bits per heavy atom. The Hall–Kier alpha value is -1.23. The van der Waals surface area contributed by atoms with E-state index in [1.54, 1.807) is 17.9 Å². The van der Waals surface area contributed by atoms with Crippen LogP contribution in [-0.2, 0) is 7.05 Å². The van der Waals surface area contributed by atoms with Crippen molar-refractivity contribution in [2.24, 2.45) is 13.0 Å². The van der Waals surface area contributed by atoms with Crippen molar-refractivity contribution in [3.63, 3.8) is 0 Å². The second kappa shape index (κ2) is 4.32. The van der Waals surface area contributed by atoms with Gasteiger partial charge in [-0.3, -0.25) is 4.68 Å². The van der Waals surface area contributed by atoms with E-state index in [4.69, 9.17) is 5.73 Å². The monoisotopic (exact) mass is 198 g/mol. The van der Waals surface area contributed by atoms with Gasteiger partial charge in [-0.25, -0.2) is 0 Å². The fourth-order valence-electron chi connectivity index (χ4n) is 1.08. The van der Waals surface area contributed by atoms with Crippen LogP contribution in [0.1, 0.15) is 13.8 Å². The summed E-state index contributed by atoms with van der Waals surface area (Å²) in [5.41, 5.74) is 6.28. The lowest BCUT2D eigenvalue weighted by Crippen LogP contribution is -2.25. The average Bonchev–Trinajstić information content (AvgIpc) is 2.40. The maximum absolute atomic E-state index is 9.55. The maximum Gasteiger partial charge on any atom is 0.171 e. The minimum absolute atomic E-state index is 0.229. The van der Waals surface area contributed by atoms with Crippen LogP contribution in [0.15, 0.2) is 6.20 Å². The molecule has 0 aliphatic carbocycles. The molecule has 0 bridgehead atoms. The summed E-state index contributed by atoms with van der Waals surface area (Å²) in [5.74, 6) is 0.861. The number of nitrogens with one attached hydrogen (secondary N) is 1. The molecule has 1 aromatic heterocycles. The normalized spacial score (nSPS) is 13.2. The third-order valence-electron chi connectivity index (χ3n) is 2.11. The first kappa shape index (κ1) is 10.8. The Morgan fingerprint density at radius 2 is 2.29 bits per heavy atom. The third-order valence-corrected chi connectivity index (χ3v) is 2.11. The van der Waals surface area contributed by atoms with Crippen LogP contribution in [0.2, 0.25) is 0 Å². The van der Waals surface area contributed by atoms with E-state index in [9.17, 15) is 5.11 Å². The van der Waals surface area contributed by atoms with Gasteiger partial charge in [0.05, 0.1) is 11.8 Å². The van der Waals surface area contributed by atoms with E-state index in [0.717, 1.165) is 0 Å². The molecule has 0 amide bonds. The number of nitrogens with two attached hydrogens (primary N) is 1. The van der Waals surface area contributed by atoms with Gasteiger partial charge in [-0.15, -0.1) is 0 Å². The van der Waals surface area contributed by atoms with Crippen molar-refractivity contribution in [2.75, 3.05) is 17.6 Å². The van der Waals surface area contributed by atoms with Crippen LogP contribution in [0.5, 0.6) is 0 Å². The van der Waals surface area contributed by atoms with Crippen LogP contribution < -0.4 is 11.1 Å². The summed E-state index contributed by atoms with van der Waals surface area (Å²) in [6, 6.07) is 0. The molecule has 0 aliphatic heterocycles.